The lowest BCUT2D eigenvalue weighted by Crippen LogP contribution is -1.89. The molecule has 2 aromatic heterocycles. The van der Waals surface area contributed by atoms with Gasteiger partial charge in [0.2, 0.25) is 0 Å². The highest BCUT2D eigenvalue weighted by molar-refractivity contribution is 5.35. The number of hydrogen-bond acceptors (Lipinski definition) is 2. The molecule has 3 heteroatoms. The largest absolute Gasteiger partial charge is 0.234 e. The SMILES string of the molecule is CCC.Cc1ccn2nccc2n1. The minimum absolute atomic E-state index is 0.903. The maximum atomic E-state index is 4.24. The zero-order valence-corrected chi connectivity index (χ0v) is 8.36. The molecule has 2 rings (SSSR count). The second kappa shape index (κ2) is 4.60. The Morgan fingerprint density at radius 3 is 2.69 bits per heavy atom. The van der Waals surface area contributed by atoms with Crippen LogP contribution in [-0.2, 0) is 0 Å². The molecule has 0 atom stereocenters. The summed E-state index contributed by atoms with van der Waals surface area (Å²) in [5.41, 5.74) is 1.92. The van der Waals surface area contributed by atoms with E-state index >= 15 is 0 Å². The van der Waals surface area contributed by atoms with Gasteiger partial charge in [-0.3, -0.25) is 0 Å². The lowest BCUT2D eigenvalue weighted by molar-refractivity contribution is 0.929. The first-order valence-corrected chi connectivity index (χ1v) is 4.55. The highest BCUT2D eigenvalue weighted by atomic mass is 15.2. The average molecular weight is 177 g/mol. The molecule has 0 aromatic carbocycles. The van der Waals surface area contributed by atoms with Crippen molar-refractivity contribution in [3.8, 4) is 0 Å². The number of fused-ring (bicyclic) bond motifs is 1. The fourth-order valence-corrected chi connectivity index (χ4v) is 0.907. The third kappa shape index (κ3) is 2.54. The Kier molecular flexibility index (Phi) is 3.43. The Morgan fingerprint density at radius 2 is 2.00 bits per heavy atom. The molecule has 0 aliphatic rings. The molecule has 70 valence electrons. The quantitative estimate of drug-likeness (QED) is 0.618. The third-order valence-corrected chi connectivity index (χ3v) is 1.40. The predicted molar refractivity (Wildman–Crippen MR) is 53.7 cm³/mol. The molecule has 0 N–H and O–H groups in total. The van der Waals surface area contributed by atoms with Crippen molar-refractivity contribution >= 4 is 5.65 Å². The van der Waals surface area contributed by atoms with Gasteiger partial charge in [-0.2, -0.15) is 5.10 Å². The predicted octanol–water partition coefficient (Wildman–Crippen LogP) is 2.45. The molecule has 0 radical (unpaired) electrons. The van der Waals surface area contributed by atoms with E-state index in [1.165, 1.54) is 6.42 Å². The topological polar surface area (TPSA) is 30.2 Å². The maximum absolute atomic E-state index is 4.24. The molecule has 3 nitrogen and oxygen atoms in total. The van der Waals surface area contributed by atoms with E-state index in [2.05, 4.69) is 23.9 Å². The Hall–Kier alpha value is -1.38. The van der Waals surface area contributed by atoms with Crippen LogP contribution in [0, 0.1) is 6.92 Å². The van der Waals surface area contributed by atoms with Gasteiger partial charge in [0.05, 0.1) is 6.20 Å². The molecule has 0 aliphatic heterocycles. The van der Waals surface area contributed by atoms with E-state index in [1.807, 2.05) is 25.3 Å². The Morgan fingerprint density at radius 1 is 1.31 bits per heavy atom. The lowest BCUT2D eigenvalue weighted by Gasteiger charge is -1.91. The van der Waals surface area contributed by atoms with Crippen molar-refractivity contribution in [1.82, 2.24) is 14.6 Å². The van der Waals surface area contributed by atoms with Crippen molar-refractivity contribution in [2.45, 2.75) is 27.2 Å². The van der Waals surface area contributed by atoms with Crippen LogP contribution in [0.1, 0.15) is 26.0 Å². The van der Waals surface area contributed by atoms with E-state index in [-0.39, 0.29) is 0 Å². The van der Waals surface area contributed by atoms with Crippen molar-refractivity contribution in [3.63, 3.8) is 0 Å². The van der Waals surface area contributed by atoms with Gasteiger partial charge < -0.3 is 0 Å². The van der Waals surface area contributed by atoms with Crippen LogP contribution >= 0.6 is 0 Å². The normalized spacial score (nSPS) is 9.46. The van der Waals surface area contributed by atoms with E-state index in [0.29, 0.717) is 0 Å². The number of nitrogens with zero attached hydrogens (tertiary/aromatic N) is 3. The third-order valence-electron chi connectivity index (χ3n) is 1.40. The molecule has 0 spiro atoms. The molecule has 0 saturated carbocycles. The summed E-state index contributed by atoms with van der Waals surface area (Å²) in [6.07, 6.45) is 4.89. The molecule has 2 heterocycles. The van der Waals surface area contributed by atoms with E-state index in [9.17, 15) is 0 Å². The fraction of sp³-hybridized carbons (Fsp3) is 0.400. The van der Waals surface area contributed by atoms with Gasteiger partial charge in [-0.05, 0) is 13.0 Å². The van der Waals surface area contributed by atoms with E-state index in [0.717, 1.165) is 11.3 Å². The van der Waals surface area contributed by atoms with Crippen LogP contribution in [0.15, 0.2) is 24.5 Å². The smallest absolute Gasteiger partial charge is 0.155 e. The minimum Gasteiger partial charge on any atom is -0.234 e. The molecule has 0 aliphatic carbocycles. The van der Waals surface area contributed by atoms with Crippen LogP contribution in [0.5, 0.6) is 0 Å². The summed E-state index contributed by atoms with van der Waals surface area (Å²) in [7, 11) is 0. The number of hydrogen-bond donors (Lipinski definition) is 0. The van der Waals surface area contributed by atoms with Gasteiger partial charge in [0.1, 0.15) is 0 Å². The number of rotatable bonds is 0. The Bertz CT molecular complexity index is 365. The molecule has 0 fully saturated rings. The van der Waals surface area contributed by atoms with Crippen LogP contribution in [0.2, 0.25) is 0 Å². The summed E-state index contributed by atoms with van der Waals surface area (Å²) >= 11 is 0. The van der Waals surface area contributed by atoms with Gasteiger partial charge >= 0.3 is 0 Å². The summed E-state index contributed by atoms with van der Waals surface area (Å²) in [6, 6.07) is 3.81. The summed E-state index contributed by atoms with van der Waals surface area (Å²) < 4.78 is 1.74. The molecular weight excluding hydrogens is 162 g/mol. The molecule has 2 aromatic rings. The maximum Gasteiger partial charge on any atom is 0.155 e. The zero-order valence-electron chi connectivity index (χ0n) is 8.36. The summed E-state index contributed by atoms with van der Waals surface area (Å²) in [5.74, 6) is 0. The first-order valence-electron chi connectivity index (χ1n) is 4.55. The highest BCUT2D eigenvalue weighted by Crippen LogP contribution is 1.98. The average Bonchev–Trinajstić information content (AvgIpc) is 2.52. The second-order valence-corrected chi connectivity index (χ2v) is 2.91. The Labute approximate surface area is 78.4 Å². The van der Waals surface area contributed by atoms with Crippen molar-refractivity contribution in [1.29, 1.82) is 0 Å². The van der Waals surface area contributed by atoms with Crippen LogP contribution in [0.4, 0.5) is 0 Å². The molecule has 13 heavy (non-hydrogen) atoms. The van der Waals surface area contributed by atoms with Gasteiger partial charge in [-0.25, -0.2) is 9.50 Å². The zero-order chi connectivity index (χ0) is 9.68. The standard InChI is InChI=1S/C7H7N3.C3H8/c1-6-3-5-10-7(9-6)2-4-8-10;1-3-2/h2-5H,1H3;3H2,1-2H3. The highest BCUT2D eigenvalue weighted by Gasteiger charge is 1.91. The van der Waals surface area contributed by atoms with Gasteiger partial charge in [0, 0.05) is 18.0 Å². The van der Waals surface area contributed by atoms with Crippen LogP contribution in [0.25, 0.3) is 5.65 Å². The number of aromatic nitrogens is 3. The summed E-state index contributed by atoms with van der Waals surface area (Å²) in [5, 5.41) is 4.01. The van der Waals surface area contributed by atoms with Crippen LogP contribution in [-0.4, -0.2) is 14.6 Å². The fourth-order valence-electron chi connectivity index (χ4n) is 0.907. The van der Waals surface area contributed by atoms with E-state index in [4.69, 9.17) is 0 Å². The Balaban J connectivity index is 0.000000251. The van der Waals surface area contributed by atoms with Crippen molar-refractivity contribution in [2.24, 2.45) is 0 Å². The van der Waals surface area contributed by atoms with E-state index in [1.54, 1.807) is 10.7 Å². The second-order valence-electron chi connectivity index (χ2n) is 2.91. The summed E-state index contributed by atoms with van der Waals surface area (Å²) in [6.45, 7) is 6.22. The minimum atomic E-state index is 0.903. The molecule has 0 amide bonds. The van der Waals surface area contributed by atoms with Gasteiger partial charge in [-0.1, -0.05) is 20.3 Å². The lowest BCUT2D eigenvalue weighted by atomic mass is 10.4. The number of aryl methyl sites for hydroxylation is 1. The van der Waals surface area contributed by atoms with Crippen LogP contribution in [0.3, 0.4) is 0 Å². The van der Waals surface area contributed by atoms with Crippen LogP contribution < -0.4 is 0 Å². The molecule has 0 unspecified atom stereocenters. The van der Waals surface area contributed by atoms with Crippen molar-refractivity contribution < 1.29 is 0 Å². The summed E-state index contributed by atoms with van der Waals surface area (Å²) in [4.78, 5) is 4.24. The molecule has 0 saturated heterocycles. The first-order chi connectivity index (χ1) is 6.27. The van der Waals surface area contributed by atoms with Gasteiger partial charge in [0.25, 0.3) is 0 Å². The molecule has 0 bridgehead atoms. The monoisotopic (exact) mass is 177 g/mol. The first kappa shape index (κ1) is 9.71. The van der Waals surface area contributed by atoms with Crippen molar-refractivity contribution in [2.75, 3.05) is 0 Å². The van der Waals surface area contributed by atoms with Gasteiger partial charge in [-0.15, -0.1) is 0 Å². The van der Waals surface area contributed by atoms with Gasteiger partial charge in [0.15, 0.2) is 5.65 Å². The van der Waals surface area contributed by atoms with Crippen molar-refractivity contribution in [3.05, 3.63) is 30.2 Å². The molecular formula is C10H15N3. The van der Waals surface area contributed by atoms with E-state index < -0.39 is 0 Å².